The molecule has 0 bridgehead atoms. The molecule has 27 heteroatoms. The average molecular weight is 900 g/mol. The summed E-state index contributed by atoms with van der Waals surface area (Å²) in [4.78, 5) is 146. The summed E-state index contributed by atoms with van der Waals surface area (Å²) in [6.45, 7) is 6.26. The van der Waals surface area contributed by atoms with Crippen LogP contribution in [0.5, 0.6) is 0 Å². The summed E-state index contributed by atoms with van der Waals surface area (Å²) in [6, 6.07) is -13.7. The largest absolute Gasteiger partial charge is 0.481 e. The molecule has 0 aliphatic heterocycles. The second kappa shape index (κ2) is 25.9. The zero-order valence-corrected chi connectivity index (χ0v) is 35.1. The number of carbonyl (C=O) groups excluding carboxylic acids is 8. The summed E-state index contributed by atoms with van der Waals surface area (Å²) in [7, 11) is 0. The van der Waals surface area contributed by atoms with E-state index in [2.05, 4.69) is 31.2 Å². The SMILES string of the molecule is CC(C)C[C@H](NC(=O)[C@H](CC(N)=O)NC(=O)[C@@H](NC(=O)[C@H](Cc1cnc[nH]1)NC(=O)[C@H](CO)NC(=O)[C@H](CC(=O)O)NC(=O)[C@@H](NC(=O)[C@@H](N)CC(=O)O)[C@@H](C)O)C(C)C)C(=O)O. The summed E-state index contributed by atoms with van der Waals surface area (Å²) in [5, 5.41) is 63.5. The molecular formula is C36H57N11O16. The molecule has 0 spiro atoms. The van der Waals surface area contributed by atoms with Crippen LogP contribution in [-0.4, -0.2) is 162 Å². The Hall–Kier alpha value is -6.74. The number of amides is 8. The number of nitrogens with zero attached hydrogens (tertiary/aromatic N) is 1. The Labute approximate surface area is 359 Å². The number of hydrogen-bond acceptors (Lipinski definition) is 15. The maximum Gasteiger partial charge on any atom is 0.326 e. The second-order valence-corrected chi connectivity index (χ2v) is 15.2. The van der Waals surface area contributed by atoms with Crippen LogP contribution in [0.25, 0.3) is 0 Å². The number of H-pyrrole nitrogens is 1. The molecule has 0 saturated heterocycles. The fourth-order valence-electron chi connectivity index (χ4n) is 5.58. The number of rotatable bonds is 28. The number of aliphatic hydroxyl groups excluding tert-OH is 2. The first-order valence-electron chi connectivity index (χ1n) is 19.4. The zero-order chi connectivity index (χ0) is 48.3. The van der Waals surface area contributed by atoms with E-state index in [1.165, 1.54) is 26.4 Å². The van der Waals surface area contributed by atoms with Gasteiger partial charge in [0.15, 0.2) is 0 Å². The predicted molar refractivity (Wildman–Crippen MR) is 213 cm³/mol. The van der Waals surface area contributed by atoms with E-state index in [0.717, 1.165) is 6.92 Å². The normalized spacial score (nSPS) is 15.4. The highest BCUT2D eigenvalue weighted by atomic mass is 16.4. The molecule has 27 nitrogen and oxygen atoms in total. The van der Waals surface area contributed by atoms with Gasteiger partial charge in [0.2, 0.25) is 47.3 Å². The van der Waals surface area contributed by atoms with Gasteiger partial charge in [-0.25, -0.2) is 9.78 Å². The van der Waals surface area contributed by atoms with Gasteiger partial charge in [-0.15, -0.1) is 0 Å². The first kappa shape index (κ1) is 54.3. The number of imidazole rings is 1. The number of carbonyl (C=O) groups is 11. The van der Waals surface area contributed by atoms with Gasteiger partial charge in [0.1, 0.15) is 42.3 Å². The minimum Gasteiger partial charge on any atom is -0.481 e. The van der Waals surface area contributed by atoms with Gasteiger partial charge < -0.3 is 79.2 Å². The second-order valence-electron chi connectivity index (χ2n) is 15.2. The highest BCUT2D eigenvalue weighted by Gasteiger charge is 2.37. The molecule has 1 heterocycles. The molecule has 8 amide bonds. The molecule has 0 radical (unpaired) electrons. The maximum absolute atomic E-state index is 13.8. The number of nitrogens with one attached hydrogen (secondary N) is 8. The fraction of sp³-hybridized carbons (Fsp3) is 0.611. The molecule has 1 aromatic rings. The molecule has 0 unspecified atom stereocenters. The highest BCUT2D eigenvalue weighted by molar-refractivity contribution is 5.99. The van der Waals surface area contributed by atoms with Gasteiger partial charge in [-0.2, -0.15) is 0 Å². The summed E-state index contributed by atoms with van der Waals surface area (Å²) in [5.74, 6) is -14.7. The van der Waals surface area contributed by atoms with Crippen molar-refractivity contribution in [2.24, 2.45) is 23.3 Å². The fourth-order valence-corrected chi connectivity index (χ4v) is 5.58. The lowest BCUT2D eigenvalue weighted by molar-refractivity contribution is -0.143. The van der Waals surface area contributed by atoms with Crippen molar-refractivity contribution in [3.63, 3.8) is 0 Å². The molecule has 63 heavy (non-hydrogen) atoms. The molecule has 0 fully saturated rings. The Kier molecular flexibility index (Phi) is 22.3. The molecule has 9 atom stereocenters. The Bertz CT molecular complexity index is 1810. The number of aromatic nitrogens is 2. The van der Waals surface area contributed by atoms with Crippen molar-refractivity contribution in [3.8, 4) is 0 Å². The number of carboxylic acid groups (broad SMARTS) is 3. The van der Waals surface area contributed by atoms with Crippen molar-refractivity contribution in [3.05, 3.63) is 18.2 Å². The molecular weight excluding hydrogens is 842 g/mol. The molecule has 0 aromatic carbocycles. The predicted octanol–water partition coefficient (Wildman–Crippen LogP) is -6.34. The first-order valence-corrected chi connectivity index (χ1v) is 19.4. The van der Waals surface area contributed by atoms with Crippen LogP contribution in [0.4, 0.5) is 0 Å². The standard InChI is InChI=1S/C36H57N11O16/c1-14(2)6-22(36(62)63)44-30(56)20(9-24(38)50)42-34(60)27(15(3)4)46-32(58)19(7-17-11-39-13-40-17)41-33(59)23(12-48)45-31(57)21(10-26(53)54)43-35(61)28(16(5)49)47-29(55)18(37)8-25(51)52/h11,13-16,18-23,27-28,48-49H,6-10,12,37H2,1-5H3,(H2,38,50)(H,39,40)(H,41,59)(H,42,60)(H,43,61)(H,44,56)(H,45,57)(H,46,58)(H,47,55)(H,51,52)(H,53,54)(H,62,63)/t16-,18+,19+,20+,21+,22+,23+,27+,28+/m1/s1. The maximum atomic E-state index is 13.8. The van der Waals surface area contributed by atoms with Crippen LogP contribution >= 0.6 is 0 Å². The van der Waals surface area contributed by atoms with E-state index < -0.39 is 151 Å². The summed E-state index contributed by atoms with van der Waals surface area (Å²) < 4.78 is 0. The highest BCUT2D eigenvalue weighted by Crippen LogP contribution is 2.09. The smallest absolute Gasteiger partial charge is 0.326 e. The third-order valence-electron chi connectivity index (χ3n) is 8.84. The summed E-state index contributed by atoms with van der Waals surface area (Å²) in [5.41, 5.74) is 11.0. The van der Waals surface area contributed by atoms with Crippen molar-refractivity contribution in [1.82, 2.24) is 47.2 Å². The molecule has 1 rings (SSSR count). The van der Waals surface area contributed by atoms with E-state index in [4.69, 9.17) is 16.6 Å². The molecule has 0 aliphatic rings. The van der Waals surface area contributed by atoms with Crippen LogP contribution in [0.15, 0.2) is 12.5 Å². The number of aliphatic hydroxyl groups is 2. The average Bonchev–Trinajstić information content (AvgIpc) is 3.68. The molecule has 0 aliphatic carbocycles. The van der Waals surface area contributed by atoms with Crippen LogP contribution in [-0.2, 0) is 59.2 Å². The number of hydrogen-bond donors (Lipinski definition) is 15. The molecule has 17 N–H and O–H groups in total. The zero-order valence-electron chi connectivity index (χ0n) is 35.1. The van der Waals surface area contributed by atoms with Gasteiger partial charge in [0.25, 0.3) is 0 Å². The first-order chi connectivity index (χ1) is 29.3. The minimum absolute atomic E-state index is 0.00671. The number of carboxylic acids is 3. The summed E-state index contributed by atoms with van der Waals surface area (Å²) in [6.07, 6.45) is -2.28. The van der Waals surface area contributed by atoms with E-state index in [1.807, 2.05) is 16.0 Å². The van der Waals surface area contributed by atoms with Crippen molar-refractivity contribution >= 4 is 65.2 Å². The Morgan fingerprint density at radius 3 is 1.52 bits per heavy atom. The van der Waals surface area contributed by atoms with Crippen molar-refractivity contribution in [1.29, 1.82) is 0 Å². The van der Waals surface area contributed by atoms with Crippen LogP contribution < -0.4 is 48.7 Å². The Balaban J connectivity index is 3.33. The van der Waals surface area contributed by atoms with Gasteiger partial charge in [-0.3, -0.25) is 47.9 Å². The lowest BCUT2D eigenvalue weighted by Gasteiger charge is -2.28. The molecule has 1 aromatic heterocycles. The van der Waals surface area contributed by atoms with Crippen LogP contribution in [0.2, 0.25) is 0 Å². The van der Waals surface area contributed by atoms with E-state index in [1.54, 1.807) is 13.8 Å². The topological polar surface area (TPSA) is 454 Å². The third kappa shape index (κ3) is 19.2. The monoisotopic (exact) mass is 899 g/mol. The lowest BCUT2D eigenvalue weighted by atomic mass is 10.0. The van der Waals surface area contributed by atoms with E-state index in [-0.39, 0.29) is 24.5 Å². The third-order valence-corrected chi connectivity index (χ3v) is 8.84. The summed E-state index contributed by atoms with van der Waals surface area (Å²) >= 11 is 0. The minimum atomic E-state index is -2.03. The van der Waals surface area contributed by atoms with E-state index in [0.29, 0.717) is 0 Å². The van der Waals surface area contributed by atoms with Gasteiger partial charge in [-0.05, 0) is 25.2 Å². The van der Waals surface area contributed by atoms with Crippen LogP contribution in [0.3, 0.4) is 0 Å². The number of primary amides is 1. The van der Waals surface area contributed by atoms with Gasteiger partial charge in [-0.1, -0.05) is 27.7 Å². The van der Waals surface area contributed by atoms with Crippen molar-refractivity contribution in [2.75, 3.05) is 6.61 Å². The van der Waals surface area contributed by atoms with Gasteiger partial charge in [0.05, 0.1) is 44.3 Å². The number of aromatic amines is 1. The van der Waals surface area contributed by atoms with Gasteiger partial charge in [0, 0.05) is 18.3 Å². The lowest BCUT2D eigenvalue weighted by Crippen LogP contribution is -2.62. The molecule has 0 saturated carbocycles. The van der Waals surface area contributed by atoms with E-state index in [9.17, 15) is 73.2 Å². The van der Waals surface area contributed by atoms with Crippen molar-refractivity contribution < 1.29 is 78.3 Å². The van der Waals surface area contributed by atoms with Crippen LogP contribution in [0, 0.1) is 11.8 Å². The van der Waals surface area contributed by atoms with E-state index >= 15 is 0 Å². The number of nitrogens with two attached hydrogens (primary N) is 2. The number of aliphatic carboxylic acids is 3. The quantitative estimate of drug-likeness (QED) is 0.0372. The molecule has 352 valence electrons. The Morgan fingerprint density at radius 1 is 0.619 bits per heavy atom. The van der Waals surface area contributed by atoms with Crippen LogP contribution in [0.1, 0.15) is 66.0 Å². The van der Waals surface area contributed by atoms with Crippen molar-refractivity contribution in [2.45, 2.75) is 121 Å². The van der Waals surface area contributed by atoms with Gasteiger partial charge >= 0.3 is 17.9 Å². The Morgan fingerprint density at radius 2 is 1.08 bits per heavy atom.